The molecule has 1 amide bonds. The Balaban J connectivity index is 1.55. The highest BCUT2D eigenvalue weighted by molar-refractivity contribution is 7.89. The molecule has 7 heteroatoms. The molecule has 2 atom stereocenters. The molecule has 0 aromatic heterocycles. The van der Waals surface area contributed by atoms with Crippen LogP contribution in [0.2, 0.25) is 5.02 Å². The second kappa shape index (κ2) is 10.1. The highest BCUT2D eigenvalue weighted by Crippen LogP contribution is 2.28. The van der Waals surface area contributed by atoms with Gasteiger partial charge in [-0.2, -0.15) is 4.31 Å². The number of carbonyl (C=O) groups is 1. The zero-order chi connectivity index (χ0) is 23.4. The first-order valence-corrected chi connectivity index (χ1v) is 12.8. The van der Waals surface area contributed by atoms with E-state index in [4.69, 9.17) is 11.6 Å². The van der Waals surface area contributed by atoms with Crippen LogP contribution in [-0.2, 0) is 14.8 Å². The summed E-state index contributed by atoms with van der Waals surface area (Å²) in [5.41, 5.74) is 3.10. The summed E-state index contributed by atoms with van der Waals surface area (Å²) in [7, 11) is -3.69. The lowest BCUT2D eigenvalue weighted by Gasteiger charge is -2.32. The van der Waals surface area contributed by atoms with Crippen molar-refractivity contribution in [3.8, 4) is 0 Å². The number of rotatable bonds is 6. The van der Waals surface area contributed by atoms with Crippen molar-refractivity contribution in [2.24, 2.45) is 5.92 Å². The molecular formula is C26H27ClN2O3S. The zero-order valence-electron chi connectivity index (χ0n) is 18.4. The average molecular weight is 483 g/mol. The molecule has 0 aliphatic carbocycles. The molecule has 4 rings (SSSR count). The van der Waals surface area contributed by atoms with Gasteiger partial charge in [0.05, 0.1) is 16.9 Å². The molecule has 172 valence electrons. The fraction of sp³-hybridized carbons (Fsp3) is 0.269. The van der Waals surface area contributed by atoms with Crippen LogP contribution in [0.3, 0.4) is 0 Å². The van der Waals surface area contributed by atoms with E-state index in [1.165, 1.54) is 16.4 Å². The van der Waals surface area contributed by atoms with E-state index < -0.39 is 15.9 Å². The Bertz CT molecular complexity index is 1210. The van der Waals surface area contributed by atoms with Crippen LogP contribution in [0.25, 0.3) is 0 Å². The lowest BCUT2D eigenvalue weighted by Crippen LogP contribution is -2.46. The third kappa shape index (κ3) is 5.29. The first-order chi connectivity index (χ1) is 15.9. The van der Waals surface area contributed by atoms with Crippen LogP contribution in [-0.4, -0.2) is 31.7 Å². The number of benzene rings is 3. The number of piperidine rings is 1. The molecule has 0 radical (unpaired) electrons. The number of carbonyl (C=O) groups excluding carboxylic acids is 1. The Morgan fingerprint density at radius 3 is 2.36 bits per heavy atom. The van der Waals surface area contributed by atoms with E-state index >= 15 is 0 Å². The Morgan fingerprint density at radius 2 is 1.67 bits per heavy atom. The van der Waals surface area contributed by atoms with Gasteiger partial charge >= 0.3 is 0 Å². The van der Waals surface area contributed by atoms with Crippen molar-refractivity contribution in [2.75, 3.05) is 13.1 Å². The molecule has 0 unspecified atom stereocenters. The van der Waals surface area contributed by atoms with Crippen molar-refractivity contribution in [1.29, 1.82) is 0 Å². The van der Waals surface area contributed by atoms with Gasteiger partial charge in [-0.05, 0) is 60.7 Å². The second-order valence-electron chi connectivity index (χ2n) is 8.36. The second-order valence-corrected chi connectivity index (χ2v) is 10.7. The molecule has 1 heterocycles. The number of hydrogen-bond donors (Lipinski definition) is 1. The molecule has 1 aliphatic rings. The van der Waals surface area contributed by atoms with E-state index in [0.29, 0.717) is 24.4 Å². The maximum Gasteiger partial charge on any atom is 0.243 e. The zero-order valence-corrected chi connectivity index (χ0v) is 20.0. The first kappa shape index (κ1) is 23.5. The third-order valence-electron chi connectivity index (χ3n) is 6.13. The van der Waals surface area contributed by atoms with E-state index in [0.717, 1.165) is 16.7 Å². The molecule has 0 spiro atoms. The normalized spacial score (nSPS) is 17.9. The lowest BCUT2D eigenvalue weighted by molar-refractivity contribution is -0.126. The van der Waals surface area contributed by atoms with Gasteiger partial charge in [0.15, 0.2) is 0 Å². The maximum atomic E-state index is 13.4. The Morgan fingerprint density at radius 1 is 1.00 bits per heavy atom. The molecule has 3 aromatic carbocycles. The number of nitrogens with zero attached hydrogens (tertiary/aromatic N) is 1. The topological polar surface area (TPSA) is 66.5 Å². The highest BCUT2D eigenvalue weighted by Gasteiger charge is 2.34. The number of aryl methyl sites for hydroxylation is 1. The summed E-state index contributed by atoms with van der Waals surface area (Å²) in [4.78, 5) is 13.6. The predicted molar refractivity (Wildman–Crippen MR) is 131 cm³/mol. The fourth-order valence-corrected chi connectivity index (χ4v) is 5.94. The van der Waals surface area contributed by atoms with Gasteiger partial charge in [0.2, 0.25) is 15.9 Å². The highest BCUT2D eigenvalue weighted by atomic mass is 35.5. The summed E-state index contributed by atoms with van der Waals surface area (Å²) in [5, 5.41) is 3.68. The van der Waals surface area contributed by atoms with Gasteiger partial charge in [0.1, 0.15) is 0 Å². The summed E-state index contributed by atoms with van der Waals surface area (Å²) in [6, 6.07) is 23.7. The minimum atomic E-state index is -3.69. The number of hydrogen-bond acceptors (Lipinski definition) is 3. The van der Waals surface area contributed by atoms with Crippen LogP contribution in [0.5, 0.6) is 0 Å². The van der Waals surface area contributed by atoms with Crippen LogP contribution in [0.15, 0.2) is 83.8 Å². The van der Waals surface area contributed by atoms with E-state index in [9.17, 15) is 13.2 Å². The number of sulfonamides is 1. The minimum absolute atomic E-state index is 0.136. The van der Waals surface area contributed by atoms with Gasteiger partial charge in [0.25, 0.3) is 0 Å². The first-order valence-electron chi connectivity index (χ1n) is 11.0. The largest absolute Gasteiger partial charge is 0.345 e. The van der Waals surface area contributed by atoms with E-state index in [-0.39, 0.29) is 23.4 Å². The molecule has 1 aliphatic heterocycles. The quantitative estimate of drug-likeness (QED) is 0.540. The summed E-state index contributed by atoms with van der Waals surface area (Å²) in [5.74, 6) is -0.556. The Kier molecular flexibility index (Phi) is 7.17. The van der Waals surface area contributed by atoms with Gasteiger partial charge in [-0.15, -0.1) is 0 Å². The standard InChI is InChI=1S/C26H27ClN2O3S/c1-19-8-5-6-12-24(19)25(20-9-3-2-4-10-20)28-26(30)21-11-7-17-29(18-21)33(31,32)23-15-13-22(27)14-16-23/h2-6,8-10,12-16,21,25H,7,11,17-18H2,1H3,(H,28,30)/t21-,25+/m0/s1. The van der Waals surface area contributed by atoms with Gasteiger partial charge in [-0.1, -0.05) is 66.2 Å². The summed E-state index contributed by atoms with van der Waals surface area (Å²) >= 11 is 5.91. The van der Waals surface area contributed by atoms with Crippen molar-refractivity contribution in [3.05, 3.63) is 101 Å². The Hall–Kier alpha value is -2.67. The van der Waals surface area contributed by atoms with E-state index in [1.54, 1.807) is 12.1 Å². The number of amides is 1. The van der Waals surface area contributed by atoms with Crippen LogP contribution < -0.4 is 5.32 Å². The molecule has 3 aromatic rings. The fourth-order valence-electron chi connectivity index (χ4n) is 4.29. The number of nitrogens with one attached hydrogen (secondary N) is 1. The number of halogens is 1. The molecule has 0 bridgehead atoms. The summed E-state index contributed by atoms with van der Waals surface area (Å²) < 4.78 is 27.7. The van der Waals surface area contributed by atoms with E-state index in [2.05, 4.69) is 5.32 Å². The third-order valence-corrected chi connectivity index (χ3v) is 8.26. The van der Waals surface area contributed by atoms with Gasteiger partial charge in [0, 0.05) is 18.1 Å². The van der Waals surface area contributed by atoms with Crippen molar-refractivity contribution < 1.29 is 13.2 Å². The molecule has 1 N–H and O–H groups in total. The predicted octanol–water partition coefficient (Wildman–Crippen LogP) is 4.95. The van der Waals surface area contributed by atoms with Crippen LogP contribution in [0.4, 0.5) is 0 Å². The average Bonchev–Trinajstić information content (AvgIpc) is 2.84. The van der Waals surface area contributed by atoms with Crippen LogP contribution in [0, 0.1) is 12.8 Å². The minimum Gasteiger partial charge on any atom is -0.345 e. The smallest absolute Gasteiger partial charge is 0.243 e. The van der Waals surface area contributed by atoms with Crippen molar-refractivity contribution in [1.82, 2.24) is 9.62 Å². The van der Waals surface area contributed by atoms with Crippen molar-refractivity contribution in [2.45, 2.75) is 30.7 Å². The maximum absolute atomic E-state index is 13.4. The molecular weight excluding hydrogens is 456 g/mol. The van der Waals surface area contributed by atoms with Crippen LogP contribution in [0.1, 0.15) is 35.6 Å². The van der Waals surface area contributed by atoms with Gasteiger partial charge in [-0.3, -0.25) is 4.79 Å². The SMILES string of the molecule is Cc1ccccc1[C@H](NC(=O)[C@H]1CCCN(S(=O)(=O)c2ccc(Cl)cc2)C1)c1ccccc1. The molecule has 1 saturated heterocycles. The summed E-state index contributed by atoms with van der Waals surface area (Å²) in [6.07, 6.45) is 1.28. The summed E-state index contributed by atoms with van der Waals surface area (Å²) in [6.45, 7) is 2.58. The molecule has 5 nitrogen and oxygen atoms in total. The Labute approximate surface area is 200 Å². The van der Waals surface area contributed by atoms with Gasteiger partial charge < -0.3 is 5.32 Å². The molecule has 1 fully saturated rings. The van der Waals surface area contributed by atoms with Crippen LogP contribution >= 0.6 is 11.6 Å². The van der Waals surface area contributed by atoms with Crippen molar-refractivity contribution >= 4 is 27.5 Å². The molecule has 33 heavy (non-hydrogen) atoms. The van der Waals surface area contributed by atoms with Gasteiger partial charge in [-0.25, -0.2) is 8.42 Å². The van der Waals surface area contributed by atoms with E-state index in [1.807, 2.05) is 61.5 Å². The monoisotopic (exact) mass is 482 g/mol. The van der Waals surface area contributed by atoms with Crippen molar-refractivity contribution in [3.63, 3.8) is 0 Å². The lowest BCUT2D eigenvalue weighted by atomic mass is 9.93. The molecule has 0 saturated carbocycles.